The van der Waals surface area contributed by atoms with Crippen LogP contribution in [0.25, 0.3) is 11.1 Å². The number of anilines is 1. The molecule has 1 aliphatic rings. The lowest BCUT2D eigenvalue weighted by Gasteiger charge is -2.35. The van der Waals surface area contributed by atoms with Gasteiger partial charge in [0.15, 0.2) is 11.4 Å². The molecular weight excluding hydrogens is 440 g/mol. The Morgan fingerprint density at radius 1 is 1.06 bits per heavy atom. The van der Waals surface area contributed by atoms with Gasteiger partial charge in [-0.25, -0.2) is 9.78 Å². The molecular formula is C25H23ClN4O3. The van der Waals surface area contributed by atoms with Crippen LogP contribution >= 0.6 is 11.6 Å². The second kappa shape index (κ2) is 8.84. The van der Waals surface area contributed by atoms with Crippen molar-refractivity contribution < 1.29 is 9.21 Å². The van der Waals surface area contributed by atoms with E-state index in [9.17, 15) is 9.59 Å². The van der Waals surface area contributed by atoms with Crippen molar-refractivity contribution in [1.82, 2.24) is 14.5 Å². The zero-order chi connectivity index (χ0) is 22.9. The summed E-state index contributed by atoms with van der Waals surface area (Å²) in [5, 5.41) is 0.500. The minimum Gasteiger partial charge on any atom is -0.408 e. The number of halogens is 1. The minimum atomic E-state index is -0.427. The van der Waals surface area contributed by atoms with Gasteiger partial charge >= 0.3 is 5.76 Å². The number of oxazole rings is 1. The highest BCUT2D eigenvalue weighted by Gasteiger charge is 2.22. The number of carbonyl (C=O) groups excluding carboxylic acids is 1. The predicted molar refractivity (Wildman–Crippen MR) is 128 cm³/mol. The maximum Gasteiger partial charge on any atom is 0.421 e. The summed E-state index contributed by atoms with van der Waals surface area (Å²) in [7, 11) is 0. The third-order valence-electron chi connectivity index (χ3n) is 6.03. The van der Waals surface area contributed by atoms with E-state index in [0.29, 0.717) is 33.9 Å². The lowest BCUT2D eigenvalue weighted by atomic mass is 9.98. The van der Waals surface area contributed by atoms with Crippen LogP contribution in [0.4, 0.5) is 5.82 Å². The highest BCUT2D eigenvalue weighted by atomic mass is 35.5. The van der Waals surface area contributed by atoms with E-state index in [-0.39, 0.29) is 5.78 Å². The second-order valence-electron chi connectivity index (χ2n) is 8.20. The molecule has 1 aliphatic heterocycles. The first-order valence-corrected chi connectivity index (χ1v) is 11.2. The standard InChI is InChI=1S/C25H23ClN4O3/c1-17-13-21-22(15-20(17)24(31)18-5-4-6-19(26)14-18)33-25(32)30(21)16-28-9-11-29(12-10-28)23-7-2-3-8-27-23/h2-8,13-15H,9-12,16H2,1H3. The first-order valence-electron chi connectivity index (χ1n) is 10.8. The van der Waals surface area contributed by atoms with Crippen LogP contribution in [0.15, 0.2) is 70.0 Å². The number of pyridine rings is 1. The van der Waals surface area contributed by atoms with Gasteiger partial charge in [0.25, 0.3) is 0 Å². The van der Waals surface area contributed by atoms with Gasteiger partial charge in [0.1, 0.15) is 5.82 Å². The van der Waals surface area contributed by atoms with E-state index in [4.69, 9.17) is 16.0 Å². The number of carbonyl (C=O) groups is 1. The number of fused-ring (bicyclic) bond motifs is 1. The molecule has 0 bridgehead atoms. The first kappa shape index (κ1) is 21.4. The van der Waals surface area contributed by atoms with Gasteiger partial charge in [0.05, 0.1) is 12.2 Å². The van der Waals surface area contributed by atoms with Crippen LogP contribution in [0.5, 0.6) is 0 Å². The fraction of sp³-hybridized carbons (Fsp3) is 0.240. The van der Waals surface area contributed by atoms with Gasteiger partial charge in [-0.05, 0) is 48.9 Å². The number of benzene rings is 2. The molecule has 168 valence electrons. The van der Waals surface area contributed by atoms with Gasteiger partial charge in [-0.1, -0.05) is 29.8 Å². The van der Waals surface area contributed by atoms with Crippen LogP contribution in [-0.2, 0) is 6.67 Å². The Morgan fingerprint density at radius 2 is 1.88 bits per heavy atom. The number of ketones is 1. The molecule has 8 heteroatoms. The number of aromatic nitrogens is 2. The van der Waals surface area contributed by atoms with Gasteiger partial charge in [-0.3, -0.25) is 14.3 Å². The number of aryl methyl sites for hydroxylation is 1. The Hall–Kier alpha value is -3.42. The Kier molecular flexibility index (Phi) is 5.74. The van der Waals surface area contributed by atoms with Crippen molar-refractivity contribution in [1.29, 1.82) is 0 Å². The molecule has 4 aromatic rings. The van der Waals surface area contributed by atoms with Crippen molar-refractivity contribution in [3.8, 4) is 0 Å². The zero-order valence-electron chi connectivity index (χ0n) is 18.2. The first-order chi connectivity index (χ1) is 16.0. The predicted octanol–water partition coefficient (Wildman–Crippen LogP) is 3.96. The topological polar surface area (TPSA) is 71.6 Å². The minimum absolute atomic E-state index is 0.155. The molecule has 1 saturated heterocycles. The van der Waals surface area contributed by atoms with Crippen LogP contribution in [0, 0.1) is 6.92 Å². The highest BCUT2D eigenvalue weighted by molar-refractivity contribution is 6.31. The van der Waals surface area contributed by atoms with Crippen LogP contribution in [-0.4, -0.2) is 46.4 Å². The lowest BCUT2D eigenvalue weighted by molar-refractivity contribution is 0.103. The summed E-state index contributed by atoms with van der Waals surface area (Å²) >= 11 is 6.05. The largest absolute Gasteiger partial charge is 0.421 e. The van der Waals surface area contributed by atoms with Crippen molar-refractivity contribution >= 4 is 34.3 Å². The van der Waals surface area contributed by atoms with Crippen molar-refractivity contribution in [3.05, 3.63) is 93.1 Å². The van der Waals surface area contributed by atoms with Gasteiger partial charge in [0.2, 0.25) is 0 Å². The van der Waals surface area contributed by atoms with E-state index in [0.717, 1.165) is 37.6 Å². The number of nitrogens with zero attached hydrogens (tertiary/aromatic N) is 4. The van der Waals surface area contributed by atoms with Crippen LogP contribution in [0.1, 0.15) is 21.5 Å². The highest BCUT2D eigenvalue weighted by Crippen LogP contribution is 2.23. The molecule has 0 radical (unpaired) electrons. The van der Waals surface area contributed by atoms with Gasteiger partial charge in [-0.2, -0.15) is 0 Å². The summed E-state index contributed by atoms with van der Waals surface area (Å²) in [5.41, 5.74) is 2.87. The molecule has 33 heavy (non-hydrogen) atoms. The lowest BCUT2D eigenvalue weighted by Crippen LogP contribution is -2.47. The second-order valence-corrected chi connectivity index (χ2v) is 8.64. The van der Waals surface area contributed by atoms with E-state index in [1.165, 1.54) is 0 Å². The molecule has 0 aliphatic carbocycles. The molecule has 0 atom stereocenters. The molecule has 0 saturated carbocycles. The fourth-order valence-electron chi connectivity index (χ4n) is 4.24. The molecule has 2 aromatic heterocycles. The van der Waals surface area contributed by atoms with Crippen LogP contribution in [0.3, 0.4) is 0 Å². The number of hydrogen-bond donors (Lipinski definition) is 0. The molecule has 0 spiro atoms. The molecule has 2 aromatic carbocycles. The van der Waals surface area contributed by atoms with E-state index in [1.54, 1.807) is 41.1 Å². The maximum absolute atomic E-state index is 13.0. The van der Waals surface area contributed by atoms with Gasteiger partial charge in [-0.15, -0.1) is 0 Å². The number of hydrogen-bond acceptors (Lipinski definition) is 6. The monoisotopic (exact) mass is 462 g/mol. The molecule has 7 nitrogen and oxygen atoms in total. The molecule has 3 heterocycles. The van der Waals surface area contributed by atoms with Crippen molar-refractivity contribution in [2.75, 3.05) is 31.1 Å². The smallest absolute Gasteiger partial charge is 0.408 e. The summed E-state index contributed by atoms with van der Waals surface area (Å²) in [6.45, 7) is 5.57. The van der Waals surface area contributed by atoms with E-state index in [1.807, 2.05) is 31.2 Å². The van der Waals surface area contributed by atoms with E-state index >= 15 is 0 Å². The molecule has 0 amide bonds. The Bertz CT molecular complexity index is 1370. The molecule has 0 unspecified atom stereocenters. The summed E-state index contributed by atoms with van der Waals surface area (Å²) < 4.78 is 7.15. The van der Waals surface area contributed by atoms with E-state index in [2.05, 4.69) is 14.8 Å². The average Bonchev–Trinajstić information content (AvgIpc) is 3.13. The third kappa shape index (κ3) is 4.29. The summed E-state index contributed by atoms with van der Waals surface area (Å²) in [5.74, 6) is 0.387. The molecule has 5 rings (SSSR count). The van der Waals surface area contributed by atoms with Crippen molar-refractivity contribution in [2.24, 2.45) is 0 Å². The third-order valence-corrected chi connectivity index (χ3v) is 6.27. The Morgan fingerprint density at radius 3 is 2.61 bits per heavy atom. The van der Waals surface area contributed by atoms with E-state index < -0.39 is 5.76 Å². The SMILES string of the molecule is Cc1cc2c(cc1C(=O)c1cccc(Cl)c1)oc(=O)n2CN1CCN(c2ccccn2)CC1. The average molecular weight is 463 g/mol. The van der Waals surface area contributed by atoms with Crippen molar-refractivity contribution in [3.63, 3.8) is 0 Å². The summed E-state index contributed by atoms with van der Waals surface area (Å²) in [6, 6.07) is 16.2. The molecule has 1 fully saturated rings. The fourth-order valence-corrected chi connectivity index (χ4v) is 4.43. The zero-order valence-corrected chi connectivity index (χ0v) is 19.0. The molecule has 0 N–H and O–H groups in total. The normalized spacial score (nSPS) is 14.7. The quantitative estimate of drug-likeness (QED) is 0.418. The van der Waals surface area contributed by atoms with Gasteiger partial charge < -0.3 is 9.32 Å². The Balaban J connectivity index is 1.37. The summed E-state index contributed by atoms with van der Waals surface area (Å²) in [4.78, 5) is 34.5. The van der Waals surface area contributed by atoms with Crippen LogP contribution < -0.4 is 10.7 Å². The number of piperazine rings is 1. The van der Waals surface area contributed by atoms with Crippen LogP contribution in [0.2, 0.25) is 5.02 Å². The maximum atomic E-state index is 13.0. The summed E-state index contributed by atoms with van der Waals surface area (Å²) in [6.07, 6.45) is 1.80. The van der Waals surface area contributed by atoms with Crippen molar-refractivity contribution in [2.45, 2.75) is 13.6 Å². The Labute approximate surface area is 195 Å². The number of rotatable bonds is 5. The van der Waals surface area contributed by atoms with Gasteiger partial charge in [0, 0.05) is 48.5 Å².